The molecular weight excluding hydrogens is 232 g/mol. The normalized spacial score (nSPS) is 22.3. The summed E-state index contributed by atoms with van der Waals surface area (Å²) in [5, 5.41) is 9.86. The van der Waals surface area contributed by atoms with Crippen molar-refractivity contribution in [2.45, 2.75) is 97.5 Å². The van der Waals surface area contributed by atoms with Crippen LogP contribution in [0.5, 0.6) is 0 Å². The van der Waals surface area contributed by atoms with Crippen molar-refractivity contribution in [3.8, 4) is 0 Å². The first-order chi connectivity index (χ1) is 9.03. The summed E-state index contributed by atoms with van der Waals surface area (Å²) in [5.41, 5.74) is 1.79. The van der Waals surface area contributed by atoms with Crippen molar-refractivity contribution in [2.24, 2.45) is 5.41 Å². The molecule has 0 aromatic heterocycles. The number of rotatable bonds is 9. The van der Waals surface area contributed by atoms with E-state index in [1.54, 1.807) is 0 Å². The average Bonchev–Trinajstić information content (AvgIpc) is 2.30. The van der Waals surface area contributed by atoms with E-state index in [2.05, 4.69) is 26.8 Å². The highest BCUT2D eigenvalue weighted by Crippen LogP contribution is 2.37. The van der Waals surface area contributed by atoms with Crippen LogP contribution in [-0.2, 0) is 0 Å². The molecule has 1 nitrogen and oxygen atoms in total. The average molecular weight is 266 g/mol. The van der Waals surface area contributed by atoms with Crippen LogP contribution < -0.4 is 0 Å². The quantitative estimate of drug-likeness (QED) is 0.424. The third-order valence-electron chi connectivity index (χ3n) is 4.25. The summed E-state index contributed by atoms with van der Waals surface area (Å²) < 4.78 is 0. The Morgan fingerprint density at radius 3 is 2.21 bits per heavy atom. The molecule has 0 heterocycles. The summed E-state index contributed by atoms with van der Waals surface area (Å²) in [7, 11) is 0. The lowest BCUT2D eigenvalue weighted by molar-refractivity contribution is 0.137. The maximum atomic E-state index is 9.86. The van der Waals surface area contributed by atoms with Gasteiger partial charge < -0.3 is 5.11 Å². The Morgan fingerprint density at radius 2 is 1.63 bits per heavy atom. The highest BCUT2D eigenvalue weighted by molar-refractivity contribution is 5.12. The van der Waals surface area contributed by atoms with Crippen molar-refractivity contribution < 1.29 is 5.11 Å². The second-order valence-corrected chi connectivity index (χ2v) is 7.16. The molecule has 1 aliphatic carbocycles. The summed E-state index contributed by atoms with van der Waals surface area (Å²) in [5.74, 6) is 0. The lowest BCUT2D eigenvalue weighted by Crippen LogP contribution is -2.24. The van der Waals surface area contributed by atoms with E-state index in [1.807, 2.05) is 0 Å². The van der Waals surface area contributed by atoms with Gasteiger partial charge in [-0.15, -0.1) is 0 Å². The predicted molar refractivity (Wildman–Crippen MR) is 84.3 cm³/mol. The second-order valence-electron chi connectivity index (χ2n) is 7.16. The van der Waals surface area contributed by atoms with Crippen LogP contribution in [0.2, 0.25) is 0 Å². The fourth-order valence-corrected chi connectivity index (χ4v) is 3.30. The Balaban J connectivity index is 2.06. The number of hydrogen-bond donors (Lipinski definition) is 1. The fourth-order valence-electron chi connectivity index (χ4n) is 3.30. The van der Waals surface area contributed by atoms with Crippen LogP contribution in [0.15, 0.2) is 11.6 Å². The lowest BCUT2D eigenvalue weighted by Gasteiger charge is -2.32. The van der Waals surface area contributed by atoms with E-state index >= 15 is 0 Å². The monoisotopic (exact) mass is 266 g/mol. The molecule has 19 heavy (non-hydrogen) atoms. The Labute approximate surface area is 120 Å². The summed E-state index contributed by atoms with van der Waals surface area (Å²) >= 11 is 0. The Hall–Kier alpha value is -0.300. The van der Waals surface area contributed by atoms with Crippen LogP contribution in [-0.4, -0.2) is 11.2 Å². The van der Waals surface area contributed by atoms with Crippen LogP contribution in [0.4, 0.5) is 0 Å². The molecule has 0 fully saturated rings. The van der Waals surface area contributed by atoms with Gasteiger partial charge >= 0.3 is 0 Å². The predicted octanol–water partition coefficient (Wildman–Crippen LogP) is 5.62. The van der Waals surface area contributed by atoms with Gasteiger partial charge in [-0.3, -0.25) is 0 Å². The van der Waals surface area contributed by atoms with Crippen LogP contribution in [0.1, 0.15) is 91.4 Å². The van der Waals surface area contributed by atoms with E-state index in [4.69, 9.17) is 0 Å². The topological polar surface area (TPSA) is 20.2 Å². The zero-order valence-electron chi connectivity index (χ0n) is 13.4. The van der Waals surface area contributed by atoms with Crippen LogP contribution in [0.3, 0.4) is 0 Å². The van der Waals surface area contributed by atoms with Gasteiger partial charge in [0.1, 0.15) is 0 Å². The molecule has 0 radical (unpaired) electrons. The molecule has 0 amide bonds. The molecule has 0 bridgehead atoms. The van der Waals surface area contributed by atoms with Gasteiger partial charge in [-0.1, -0.05) is 77.4 Å². The first-order valence-electron chi connectivity index (χ1n) is 8.41. The zero-order chi connectivity index (χ0) is 14.1. The maximum Gasteiger partial charge on any atom is 0.0728 e. The minimum Gasteiger partial charge on any atom is -0.389 e. The zero-order valence-corrected chi connectivity index (χ0v) is 13.4. The van der Waals surface area contributed by atoms with Crippen molar-refractivity contribution in [1.29, 1.82) is 0 Å². The number of unbranched alkanes of at least 4 members (excludes halogenated alkanes) is 7. The van der Waals surface area contributed by atoms with Gasteiger partial charge in [0, 0.05) is 0 Å². The van der Waals surface area contributed by atoms with Gasteiger partial charge in [-0.05, 0) is 31.1 Å². The van der Waals surface area contributed by atoms with Crippen molar-refractivity contribution in [2.75, 3.05) is 0 Å². The van der Waals surface area contributed by atoms with Crippen molar-refractivity contribution in [1.82, 2.24) is 0 Å². The molecule has 1 aliphatic rings. The third-order valence-corrected chi connectivity index (χ3v) is 4.25. The molecular formula is C18H34O. The lowest BCUT2D eigenvalue weighted by atomic mass is 9.75. The Morgan fingerprint density at radius 1 is 1.05 bits per heavy atom. The van der Waals surface area contributed by atoms with E-state index in [1.165, 1.54) is 69.8 Å². The van der Waals surface area contributed by atoms with Gasteiger partial charge in [0.25, 0.3) is 0 Å². The summed E-state index contributed by atoms with van der Waals surface area (Å²) in [6, 6.07) is 0. The molecule has 0 aromatic carbocycles. The molecule has 1 unspecified atom stereocenters. The summed E-state index contributed by atoms with van der Waals surface area (Å²) in [6.45, 7) is 6.82. The Bertz CT molecular complexity index is 265. The molecule has 0 aromatic rings. The van der Waals surface area contributed by atoms with Crippen molar-refractivity contribution >= 4 is 0 Å². The molecule has 1 atom stereocenters. The third kappa shape index (κ3) is 7.77. The number of aliphatic hydroxyl groups is 1. The molecule has 0 saturated heterocycles. The van der Waals surface area contributed by atoms with Crippen LogP contribution in [0, 0.1) is 5.41 Å². The van der Waals surface area contributed by atoms with Crippen molar-refractivity contribution in [3.63, 3.8) is 0 Å². The minimum atomic E-state index is -0.201. The first kappa shape index (κ1) is 16.8. The minimum absolute atomic E-state index is 0.201. The Kier molecular flexibility index (Phi) is 7.75. The van der Waals surface area contributed by atoms with E-state index in [-0.39, 0.29) is 6.10 Å². The van der Waals surface area contributed by atoms with Crippen molar-refractivity contribution in [3.05, 3.63) is 11.6 Å². The smallest absolute Gasteiger partial charge is 0.0728 e. The molecule has 1 rings (SSSR count). The van der Waals surface area contributed by atoms with Crippen LogP contribution >= 0.6 is 0 Å². The fraction of sp³-hybridized carbons (Fsp3) is 0.889. The highest BCUT2D eigenvalue weighted by Gasteiger charge is 2.26. The SMILES string of the molecule is CCCCCCCCCCC1=CC(O)CC(C)(C)C1. The van der Waals surface area contributed by atoms with E-state index in [0.29, 0.717) is 5.41 Å². The van der Waals surface area contributed by atoms with Crippen LogP contribution in [0.25, 0.3) is 0 Å². The molecule has 1 N–H and O–H groups in total. The van der Waals surface area contributed by atoms with E-state index in [0.717, 1.165) is 6.42 Å². The molecule has 0 aliphatic heterocycles. The summed E-state index contributed by atoms with van der Waals surface area (Å²) in [4.78, 5) is 0. The number of allylic oxidation sites excluding steroid dienone is 1. The van der Waals surface area contributed by atoms with E-state index in [9.17, 15) is 5.11 Å². The van der Waals surface area contributed by atoms with Gasteiger partial charge in [-0.2, -0.15) is 0 Å². The molecule has 0 spiro atoms. The molecule has 0 saturated carbocycles. The second kappa shape index (κ2) is 8.79. The summed E-state index contributed by atoms with van der Waals surface area (Å²) in [6.07, 6.45) is 16.3. The standard InChI is InChI=1S/C18H34O/c1-4-5-6-7-8-9-10-11-12-16-13-17(19)15-18(2,3)14-16/h13,17,19H,4-12,14-15H2,1-3H3. The van der Waals surface area contributed by atoms with Gasteiger partial charge in [0.2, 0.25) is 0 Å². The first-order valence-corrected chi connectivity index (χ1v) is 8.41. The number of hydrogen-bond acceptors (Lipinski definition) is 1. The van der Waals surface area contributed by atoms with Gasteiger partial charge in [0.05, 0.1) is 6.10 Å². The largest absolute Gasteiger partial charge is 0.389 e. The molecule has 1 heteroatoms. The highest BCUT2D eigenvalue weighted by atomic mass is 16.3. The van der Waals surface area contributed by atoms with E-state index < -0.39 is 0 Å². The molecule has 112 valence electrons. The maximum absolute atomic E-state index is 9.86. The number of aliphatic hydroxyl groups excluding tert-OH is 1. The van der Waals surface area contributed by atoms with Gasteiger partial charge in [0.15, 0.2) is 0 Å². The van der Waals surface area contributed by atoms with Gasteiger partial charge in [-0.25, -0.2) is 0 Å².